The van der Waals surface area contributed by atoms with E-state index in [1.54, 1.807) is 26.5 Å². The number of phenols is 1. The Morgan fingerprint density at radius 2 is 1.50 bits per heavy atom. The fourth-order valence-electron chi connectivity index (χ4n) is 4.20. The molecule has 0 radical (unpaired) electrons. The molecule has 0 saturated carbocycles. The molecule has 178 valence electrons. The van der Waals surface area contributed by atoms with E-state index in [0.29, 0.717) is 24.2 Å². The number of aryl methyl sites for hydroxylation is 1. The Morgan fingerprint density at radius 1 is 0.794 bits per heavy atom. The average molecular weight is 480 g/mol. The molecule has 4 aromatic rings. The topological polar surface area (TPSA) is 60.8 Å². The van der Waals surface area contributed by atoms with Crippen LogP contribution in [0.2, 0.25) is 0 Å². The smallest absolute Gasteiger partial charge is 0.167 e. The predicted octanol–water partition coefficient (Wildman–Crippen LogP) is 6.15. The lowest BCUT2D eigenvalue weighted by Gasteiger charge is -2.16. The van der Waals surface area contributed by atoms with Crippen LogP contribution in [0.15, 0.2) is 67.0 Å². The molecule has 0 aliphatic heterocycles. The van der Waals surface area contributed by atoms with Gasteiger partial charge in [0.2, 0.25) is 0 Å². The standard InChI is InChI=1S/C28H29NO4.ClH/c1-4-33-25-13-12-22-21(17-29-18-24(22)28(25)30)14-20-15-26(31-2)23(27(16-20)32-3)11-10-19-8-6-5-7-9-19;/h5-9,12-13,15-18,30H,4,10-11,14H2,1-3H3;1H. The molecule has 4 rings (SSSR count). The number of halogens is 1. The van der Waals surface area contributed by atoms with Crippen LogP contribution in [-0.4, -0.2) is 30.9 Å². The first-order valence-corrected chi connectivity index (χ1v) is 11.1. The van der Waals surface area contributed by atoms with E-state index in [1.165, 1.54) is 5.56 Å². The van der Waals surface area contributed by atoms with Crippen molar-refractivity contribution >= 4 is 23.2 Å². The van der Waals surface area contributed by atoms with Crippen LogP contribution in [0.1, 0.15) is 29.2 Å². The summed E-state index contributed by atoms with van der Waals surface area (Å²) in [5.41, 5.74) is 4.39. The predicted molar refractivity (Wildman–Crippen MR) is 138 cm³/mol. The minimum absolute atomic E-state index is 0. The van der Waals surface area contributed by atoms with Gasteiger partial charge in [-0.1, -0.05) is 36.4 Å². The maximum absolute atomic E-state index is 10.6. The first kappa shape index (κ1) is 25.2. The van der Waals surface area contributed by atoms with Crippen molar-refractivity contribution in [1.82, 2.24) is 4.98 Å². The number of methoxy groups -OCH3 is 2. The summed E-state index contributed by atoms with van der Waals surface area (Å²) in [6, 6.07) is 18.3. The third-order valence-corrected chi connectivity index (χ3v) is 5.83. The number of pyridine rings is 1. The lowest BCUT2D eigenvalue weighted by Crippen LogP contribution is -2.02. The van der Waals surface area contributed by atoms with Gasteiger partial charge in [-0.15, -0.1) is 12.4 Å². The van der Waals surface area contributed by atoms with Gasteiger partial charge in [0.15, 0.2) is 11.5 Å². The molecule has 1 heterocycles. The van der Waals surface area contributed by atoms with Gasteiger partial charge in [-0.3, -0.25) is 4.98 Å². The van der Waals surface area contributed by atoms with E-state index in [9.17, 15) is 5.11 Å². The number of aromatic hydroxyl groups is 1. The van der Waals surface area contributed by atoms with Crippen LogP contribution < -0.4 is 14.2 Å². The van der Waals surface area contributed by atoms with E-state index in [4.69, 9.17) is 14.2 Å². The van der Waals surface area contributed by atoms with E-state index in [0.717, 1.165) is 46.4 Å². The van der Waals surface area contributed by atoms with Crippen molar-refractivity contribution in [3.63, 3.8) is 0 Å². The average Bonchev–Trinajstić information content (AvgIpc) is 2.85. The lowest BCUT2D eigenvalue weighted by atomic mass is 9.96. The van der Waals surface area contributed by atoms with Gasteiger partial charge < -0.3 is 19.3 Å². The van der Waals surface area contributed by atoms with Crippen LogP contribution in [0.3, 0.4) is 0 Å². The quantitative estimate of drug-likeness (QED) is 0.312. The summed E-state index contributed by atoms with van der Waals surface area (Å²) in [6.45, 7) is 2.38. The number of phenolic OH excluding ortho intramolecular Hbond substituents is 1. The molecular formula is C28H30ClNO4. The summed E-state index contributed by atoms with van der Waals surface area (Å²) in [4.78, 5) is 4.36. The summed E-state index contributed by atoms with van der Waals surface area (Å²) >= 11 is 0. The highest BCUT2D eigenvalue weighted by atomic mass is 35.5. The number of nitrogens with zero attached hydrogens (tertiary/aromatic N) is 1. The third-order valence-electron chi connectivity index (χ3n) is 5.83. The Hall–Kier alpha value is -3.44. The molecule has 0 saturated heterocycles. The first-order valence-electron chi connectivity index (χ1n) is 11.1. The van der Waals surface area contributed by atoms with Crippen LogP contribution in [0.25, 0.3) is 10.8 Å². The minimum Gasteiger partial charge on any atom is -0.504 e. The summed E-state index contributed by atoms with van der Waals surface area (Å²) in [7, 11) is 3.38. The molecule has 1 N–H and O–H groups in total. The number of ether oxygens (including phenoxy) is 3. The normalized spacial score (nSPS) is 10.6. The number of aromatic nitrogens is 1. The van der Waals surface area contributed by atoms with Crippen LogP contribution in [0.5, 0.6) is 23.0 Å². The number of rotatable bonds is 9. The van der Waals surface area contributed by atoms with Crippen LogP contribution in [0, 0.1) is 0 Å². The summed E-state index contributed by atoms with van der Waals surface area (Å²) in [6.07, 6.45) is 5.86. The molecule has 3 aromatic carbocycles. The minimum atomic E-state index is 0. The van der Waals surface area contributed by atoms with Crippen LogP contribution in [0.4, 0.5) is 0 Å². The fraction of sp³-hybridized carbons (Fsp3) is 0.250. The number of hydrogen-bond donors (Lipinski definition) is 1. The molecule has 6 heteroatoms. The van der Waals surface area contributed by atoms with Crippen molar-refractivity contribution in [1.29, 1.82) is 0 Å². The second kappa shape index (κ2) is 11.6. The van der Waals surface area contributed by atoms with E-state index >= 15 is 0 Å². The van der Waals surface area contributed by atoms with Gasteiger partial charge in [-0.25, -0.2) is 0 Å². The molecule has 0 bridgehead atoms. The van der Waals surface area contributed by atoms with E-state index < -0.39 is 0 Å². The highest BCUT2D eigenvalue weighted by Gasteiger charge is 2.15. The van der Waals surface area contributed by atoms with Crippen LogP contribution >= 0.6 is 12.4 Å². The van der Waals surface area contributed by atoms with Gasteiger partial charge >= 0.3 is 0 Å². The zero-order valence-corrected chi connectivity index (χ0v) is 20.5. The van der Waals surface area contributed by atoms with Gasteiger partial charge in [-0.05, 0) is 66.5 Å². The molecule has 0 amide bonds. The Bertz CT molecular complexity index is 1220. The molecule has 0 unspecified atom stereocenters. The zero-order valence-electron chi connectivity index (χ0n) is 19.7. The molecule has 0 spiro atoms. The van der Waals surface area contributed by atoms with Gasteiger partial charge in [-0.2, -0.15) is 0 Å². The molecule has 0 fully saturated rings. The second-order valence-electron chi connectivity index (χ2n) is 7.88. The number of hydrogen-bond acceptors (Lipinski definition) is 5. The number of fused-ring (bicyclic) bond motifs is 1. The molecule has 0 atom stereocenters. The SMILES string of the molecule is CCOc1ccc2c(Cc3cc(OC)c(CCc4ccccc4)c(OC)c3)cncc2c1O.Cl. The van der Waals surface area contributed by atoms with Crippen molar-refractivity contribution in [3.05, 3.63) is 89.2 Å². The molecule has 1 aromatic heterocycles. The zero-order chi connectivity index (χ0) is 23.2. The van der Waals surface area contributed by atoms with Crippen molar-refractivity contribution in [2.75, 3.05) is 20.8 Å². The highest BCUT2D eigenvalue weighted by molar-refractivity contribution is 5.92. The number of benzene rings is 3. The lowest BCUT2D eigenvalue weighted by molar-refractivity contribution is 0.320. The van der Waals surface area contributed by atoms with Gasteiger partial charge in [0.25, 0.3) is 0 Å². The van der Waals surface area contributed by atoms with Crippen molar-refractivity contribution in [3.8, 4) is 23.0 Å². The second-order valence-corrected chi connectivity index (χ2v) is 7.88. The van der Waals surface area contributed by atoms with Gasteiger partial charge in [0.05, 0.1) is 20.8 Å². The molecule has 0 aliphatic rings. The van der Waals surface area contributed by atoms with Gasteiger partial charge in [0, 0.05) is 23.3 Å². The first-order chi connectivity index (χ1) is 16.1. The summed E-state index contributed by atoms with van der Waals surface area (Å²) < 4.78 is 17.0. The largest absolute Gasteiger partial charge is 0.504 e. The van der Waals surface area contributed by atoms with Crippen molar-refractivity contribution < 1.29 is 19.3 Å². The molecule has 34 heavy (non-hydrogen) atoms. The van der Waals surface area contributed by atoms with E-state index in [-0.39, 0.29) is 18.2 Å². The Kier molecular flexibility index (Phi) is 8.61. The maximum Gasteiger partial charge on any atom is 0.167 e. The summed E-state index contributed by atoms with van der Waals surface area (Å²) in [5.74, 6) is 2.22. The highest BCUT2D eigenvalue weighted by Crippen LogP contribution is 2.37. The Balaban J connectivity index is 0.00000324. The van der Waals surface area contributed by atoms with E-state index in [2.05, 4.69) is 41.4 Å². The summed E-state index contributed by atoms with van der Waals surface area (Å²) in [5, 5.41) is 12.2. The fourth-order valence-corrected chi connectivity index (χ4v) is 4.20. The monoisotopic (exact) mass is 479 g/mol. The van der Waals surface area contributed by atoms with Crippen LogP contribution in [-0.2, 0) is 19.3 Å². The molecular weight excluding hydrogens is 450 g/mol. The molecule has 5 nitrogen and oxygen atoms in total. The molecule has 0 aliphatic carbocycles. The van der Waals surface area contributed by atoms with Crippen molar-refractivity contribution in [2.24, 2.45) is 0 Å². The third kappa shape index (κ3) is 5.37. The Morgan fingerprint density at radius 3 is 2.15 bits per heavy atom. The van der Waals surface area contributed by atoms with Crippen molar-refractivity contribution in [2.45, 2.75) is 26.2 Å². The van der Waals surface area contributed by atoms with E-state index in [1.807, 2.05) is 25.3 Å². The maximum atomic E-state index is 10.6. The van der Waals surface area contributed by atoms with Gasteiger partial charge in [0.1, 0.15) is 11.5 Å². The Labute approximate surface area is 206 Å².